The fourth-order valence-corrected chi connectivity index (χ4v) is 28.0. The summed E-state index contributed by atoms with van der Waals surface area (Å²) in [5, 5.41) is 14.4. The van der Waals surface area contributed by atoms with Crippen LogP contribution in [0.4, 0.5) is 0 Å². The molecule has 8 bridgehead atoms. The van der Waals surface area contributed by atoms with Crippen molar-refractivity contribution in [3.05, 3.63) is 362 Å². The molecule has 22 aromatic rings. The van der Waals surface area contributed by atoms with Crippen molar-refractivity contribution in [2.75, 3.05) is 0 Å². The quantitative estimate of drug-likeness (QED) is 0.156. The first-order valence-electron chi connectivity index (χ1n) is 45.3. The van der Waals surface area contributed by atoms with E-state index in [0.29, 0.717) is 0 Å². The predicted molar refractivity (Wildman–Crippen MR) is 509 cm³/mol. The van der Waals surface area contributed by atoms with Gasteiger partial charge < -0.3 is 18.3 Å². The van der Waals surface area contributed by atoms with E-state index in [1.54, 1.807) is 22.3 Å². The first-order valence-corrected chi connectivity index (χ1v) is 45.3. The maximum absolute atomic E-state index is 4.96. The summed E-state index contributed by atoms with van der Waals surface area (Å²) in [4.78, 5) is 19.4. The van der Waals surface area contributed by atoms with Gasteiger partial charge >= 0.3 is 0 Å². The number of hydrogen-bond acceptors (Lipinski definition) is 4. The Hall–Kier alpha value is -14.1. The Kier molecular flexibility index (Phi) is 14.0. The normalized spacial score (nSPS) is 22.3. The molecule has 8 heteroatoms. The molecule has 8 nitrogen and oxygen atoms in total. The van der Waals surface area contributed by atoms with E-state index in [4.69, 9.17) is 19.9 Å². The maximum Gasteiger partial charge on any atom is 0.161 e. The van der Waals surface area contributed by atoms with Crippen LogP contribution in [0.15, 0.2) is 340 Å². The van der Waals surface area contributed by atoms with E-state index in [1.165, 1.54) is 202 Å². The lowest BCUT2D eigenvalue weighted by Crippen LogP contribution is -2.55. The average molecular weight is 1590 g/mol. The second kappa shape index (κ2) is 25.3. The number of aromatic nitrogens is 8. The number of para-hydroxylation sites is 6. The van der Waals surface area contributed by atoms with Crippen LogP contribution in [0.5, 0.6) is 0 Å². The highest BCUT2D eigenvalue weighted by Gasteiger charge is 2.63. The van der Waals surface area contributed by atoms with Gasteiger partial charge in [-0.2, -0.15) is 0 Å². The maximum atomic E-state index is 4.96. The van der Waals surface area contributed by atoms with Crippen LogP contribution in [0.2, 0.25) is 0 Å². The van der Waals surface area contributed by atoms with Gasteiger partial charge in [0.25, 0.3) is 0 Å². The second-order valence-corrected chi connectivity index (χ2v) is 38.0. The smallest absolute Gasteiger partial charge is 0.161 e. The number of pyridine rings is 4. The van der Waals surface area contributed by atoms with Crippen LogP contribution in [-0.4, -0.2) is 38.2 Å². The van der Waals surface area contributed by atoms with Gasteiger partial charge in [0.15, 0.2) is 11.3 Å². The molecule has 588 valence electrons. The minimum absolute atomic E-state index is 0.136. The van der Waals surface area contributed by atoms with E-state index in [1.807, 2.05) is 30.6 Å². The van der Waals surface area contributed by atoms with Crippen LogP contribution in [-0.2, 0) is 10.8 Å². The molecule has 0 radical (unpaired) electrons. The Balaban J connectivity index is 0.000000124. The van der Waals surface area contributed by atoms with Crippen molar-refractivity contribution >= 4 is 131 Å². The lowest BCUT2D eigenvalue weighted by atomic mass is 9.43. The third-order valence-electron chi connectivity index (χ3n) is 32.2. The molecule has 10 aliphatic carbocycles. The number of rotatable bonds is 6. The minimum atomic E-state index is 0.136. The fourth-order valence-electron chi connectivity index (χ4n) is 28.0. The second-order valence-electron chi connectivity index (χ2n) is 38.0. The van der Waals surface area contributed by atoms with Crippen LogP contribution in [0.1, 0.15) is 86.5 Å². The van der Waals surface area contributed by atoms with Gasteiger partial charge in [-0.05, 0) is 312 Å². The molecule has 10 aliphatic rings. The van der Waals surface area contributed by atoms with Crippen molar-refractivity contribution in [2.24, 2.45) is 47.3 Å². The van der Waals surface area contributed by atoms with Crippen molar-refractivity contribution in [3.63, 3.8) is 0 Å². The number of nitrogens with zero attached hydrogens (tertiary/aromatic N) is 8. The summed E-state index contributed by atoms with van der Waals surface area (Å²) in [6, 6.07) is 123. The monoisotopic (exact) mass is 1590 g/mol. The Labute approximate surface area is 716 Å². The largest absolute Gasteiger partial charge is 0.309 e. The van der Waals surface area contributed by atoms with Gasteiger partial charge in [0, 0.05) is 93.0 Å². The van der Waals surface area contributed by atoms with Crippen LogP contribution < -0.4 is 0 Å². The van der Waals surface area contributed by atoms with Gasteiger partial charge in [0.2, 0.25) is 0 Å². The summed E-state index contributed by atoms with van der Waals surface area (Å²) < 4.78 is 9.89. The van der Waals surface area contributed by atoms with Crippen molar-refractivity contribution in [2.45, 2.75) is 75.0 Å². The topological polar surface area (TPSA) is 71.3 Å². The van der Waals surface area contributed by atoms with Gasteiger partial charge in [0.05, 0.1) is 72.7 Å². The molecule has 0 N–H and O–H groups in total. The SMILES string of the molecule is c1ccc2c(c1)-c1ccc(-n3c4ccccc4c4cc(-c5ccc6c(c5)c5ccccc5n6-c5c6ccccc6nc6ncccc56)ccc43)cc1C21C2CC3CC(C2)CC1C3.c1ccc2c(c1)-c1ccc(-n3c4ccccc4c4cc(-c5ccc6c(c5)c5ccccc5n6-c5cnc6nc7ccccc7cc6c5)ccc43)cc1C21C2CC3CC(C2)CC1C3. The molecule has 0 unspecified atom stereocenters. The summed E-state index contributed by atoms with van der Waals surface area (Å²) in [5.74, 6) is 6.66. The zero-order valence-electron chi connectivity index (χ0n) is 68.6. The third-order valence-corrected chi connectivity index (χ3v) is 32.2. The van der Waals surface area contributed by atoms with E-state index in [2.05, 4.69) is 328 Å². The number of fused-ring (bicyclic) bond motifs is 22. The van der Waals surface area contributed by atoms with E-state index in [0.717, 1.165) is 108 Å². The molecule has 32 rings (SSSR count). The molecular weight excluding hydrogens is 1510 g/mol. The van der Waals surface area contributed by atoms with Gasteiger partial charge in [-0.25, -0.2) is 19.9 Å². The standard InChI is InChI=1S/2C58H42N4/c1-6-14-52-38(9-1)28-39-29-43(33-59-57(39)60-52)62-54-16-8-4-12-47(54)49-31-37(18-22-56(49)62)36-17-21-55-48(30-36)46-11-3-7-15-53(46)61(55)42-19-20-45-44-10-2-5-13-50(44)58(51(45)32-42)40-24-34-23-35(26-40)27-41(58)25-34;1-5-15-49-41(10-1)42-22-21-40(33-50(42)58(49)38-27-34-26-35(29-38)30-39(58)28-34)61-52-17-7-3-11-43(52)47-31-36(19-23-54(47)61)37-20-24-55-48(32-37)44-12-4-8-18-53(44)62(55)56-45-13-2-6-16-51(45)60-57-46(56)14-9-25-59-57/h1-22,28-35,40-41H,23-27H2;1-25,31-35,38-39H,26-30H2. The highest BCUT2D eigenvalue weighted by atomic mass is 15.0. The summed E-state index contributed by atoms with van der Waals surface area (Å²) in [6.45, 7) is 0. The molecule has 8 aromatic heterocycles. The highest BCUT2D eigenvalue weighted by Crippen LogP contribution is 2.72. The molecule has 124 heavy (non-hydrogen) atoms. The molecule has 0 aliphatic heterocycles. The predicted octanol–water partition coefficient (Wildman–Crippen LogP) is 28.7. The van der Waals surface area contributed by atoms with E-state index in [9.17, 15) is 0 Å². The Bertz CT molecular complexity index is 8340. The van der Waals surface area contributed by atoms with Crippen LogP contribution >= 0.6 is 0 Å². The highest BCUT2D eigenvalue weighted by molar-refractivity contribution is 6.17. The summed E-state index contributed by atoms with van der Waals surface area (Å²) in [5.41, 5.74) is 35.4. The fraction of sp³-hybridized carbons (Fsp3) is 0.172. The van der Waals surface area contributed by atoms with Crippen LogP contribution in [0.3, 0.4) is 0 Å². The Morgan fingerprint density at radius 3 is 1.09 bits per heavy atom. The zero-order chi connectivity index (χ0) is 80.5. The molecule has 2 spiro atoms. The Morgan fingerprint density at radius 1 is 0.234 bits per heavy atom. The number of benzene rings is 14. The molecule has 14 aromatic carbocycles. The lowest BCUT2D eigenvalue weighted by Gasteiger charge is -2.61. The van der Waals surface area contributed by atoms with E-state index in [-0.39, 0.29) is 10.8 Å². The Morgan fingerprint density at radius 2 is 0.605 bits per heavy atom. The molecule has 8 fully saturated rings. The van der Waals surface area contributed by atoms with Gasteiger partial charge in [0.1, 0.15) is 0 Å². The first-order chi connectivity index (χ1) is 61.4. The number of hydrogen-bond donors (Lipinski definition) is 0. The van der Waals surface area contributed by atoms with Gasteiger partial charge in [-0.3, -0.25) is 0 Å². The molecule has 0 amide bonds. The molecule has 0 atom stereocenters. The zero-order valence-corrected chi connectivity index (χ0v) is 68.6. The van der Waals surface area contributed by atoms with Gasteiger partial charge in [-0.1, -0.05) is 194 Å². The van der Waals surface area contributed by atoms with E-state index >= 15 is 0 Å². The van der Waals surface area contributed by atoms with Crippen molar-refractivity contribution < 1.29 is 0 Å². The van der Waals surface area contributed by atoms with Gasteiger partial charge in [-0.15, -0.1) is 0 Å². The average Bonchev–Trinajstić information content (AvgIpc) is 1.49. The summed E-state index contributed by atoms with van der Waals surface area (Å²) in [6.07, 6.45) is 17.9. The minimum Gasteiger partial charge on any atom is -0.309 e. The third kappa shape index (κ3) is 9.32. The van der Waals surface area contributed by atoms with E-state index < -0.39 is 0 Å². The molecule has 8 heterocycles. The van der Waals surface area contributed by atoms with Crippen LogP contribution in [0.25, 0.3) is 198 Å². The lowest BCUT2D eigenvalue weighted by molar-refractivity contribution is -0.0399. The first kappa shape index (κ1) is 68.6. The van der Waals surface area contributed by atoms with Crippen molar-refractivity contribution in [1.29, 1.82) is 0 Å². The van der Waals surface area contributed by atoms with Crippen molar-refractivity contribution in [3.8, 4) is 67.3 Å². The molecule has 0 saturated heterocycles. The molecule has 8 saturated carbocycles. The summed E-state index contributed by atoms with van der Waals surface area (Å²) >= 11 is 0. The van der Waals surface area contributed by atoms with Crippen molar-refractivity contribution in [1.82, 2.24) is 38.2 Å². The van der Waals surface area contributed by atoms with Crippen LogP contribution in [0, 0.1) is 47.3 Å². The summed E-state index contributed by atoms with van der Waals surface area (Å²) in [7, 11) is 0. The molecular formula is C116H84N8.